The predicted molar refractivity (Wildman–Crippen MR) is 79.2 cm³/mol. The first kappa shape index (κ1) is 14.7. The van der Waals surface area contributed by atoms with E-state index in [1.165, 1.54) is 17.4 Å². The third-order valence-electron chi connectivity index (χ3n) is 2.60. The Morgan fingerprint density at radius 1 is 1.45 bits per heavy atom. The molecule has 0 radical (unpaired) electrons. The quantitative estimate of drug-likeness (QED) is 0.668. The highest BCUT2D eigenvalue weighted by molar-refractivity contribution is 7.90. The predicted octanol–water partition coefficient (Wildman–Crippen LogP) is 1.97. The Morgan fingerprint density at radius 2 is 2.15 bits per heavy atom. The van der Waals surface area contributed by atoms with Gasteiger partial charge in [0.25, 0.3) is 5.69 Å². The van der Waals surface area contributed by atoms with Crippen molar-refractivity contribution in [2.24, 2.45) is 0 Å². The van der Waals surface area contributed by atoms with Crippen LogP contribution >= 0.6 is 11.3 Å². The molecule has 1 aromatic carbocycles. The summed E-state index contributed by atoms with van der Waals surface area (Å²) in [6, 6.07) is 3.04. The van der Waals surface area contributed by atoms with Crippen molar-refractivity contribution >= 4 is 42.8 Å². The number of nitro benzene ring substituents is 1. The maximum atomic E-state index is 11.1. The first-order valence-electron chi connectivity index (χ1n) is 5.73. The number of nitrogens with one attached hydrogen (secondary N) is 1. The van der Waals surface area contributed by atoms with Crippen LogP contribution in [-0.4, -0.2) is 36.9 Å². The standard InChI is InChI=1S/C11H13N3O4S2/c1-7-13-9-5-8(12-3-4-20(2,17)18)10(14(15)16)6-11(9)19-7/h5-6,12H,3-4H2,1-2H3. The van der Waals surface area contributed by atoms with Crippen molar-refractivity contribution < 1.29 is 13.3 Å². The second kappa shape index (κ2) is 5.33. The summed E-state index contributed by atoms with van der Waals surface area (Å²) in [5, 5.41) is 14.7. The Labute approximate surface area is 119 Å². The van der Waals surface area contributed by atoms with Gasteiger partial charge in [0.1, 0.15) is 15.5 Å². The molecule has 0 aliphatic rings. The van der Waals surface area contributed by atoms with E-state index in [4.69, 9.17) is 0 Å². The minimum Gasteiger partial charge on any atom is -0.378 e. The molecule has 0 aliphatic heterocycles. The van der Waals surface area contributed by atoms with Crippen LogP contribution in [0.3, 0.4) is 0 Å². The van der Waals surface area contributed by atoms with E-state index in [2.05, 4.69) is 10.3 Å². The molecule has 0 amide bonds. The number of sulfone groups is 1. The molecular formula is C11H13N3O4S2. The molecule has 1 heterocycles. The van der Waals surface area contributed by atoms with Crippen molar-refractivity contribution in [2.45, 2.75) is 6.92 Å². The summed E-state index contributed by atoms with van der Waals surface area (Å²) in [5.74, 6) is -0.0850. The molecule has 1 N–H and O–H groups in total. The zero-order chi connectivity index (χ0) is 14.9. The van der Waals surface area contributed by atoms with Gasteiger partial charge in [-0.1, -0.05) is 0 Å². The summed E-state index contributed by atoms with van der Waals surface area (Å²) in [5.41, 5.74) is 0.881. The monoisotopic (exact) mass is 315 g/mol. The fourth-order valence-corrected chi connectivity index (χ4v) is 3.06. The number of hydrogen-bond donors (Lipinski definition) is 1. The van der Waals surface area contributed by atoms with Gasteiger partial charge in [0.05, 0.1) is 25.9 Å². The maximum absolute atomic E-state index is 11.1. The van der Waals surface area contributed by atoms with Gasteiger partial charge in [-0.3, -0.25) is 10.1 Å². The zero-order valence-corrected chi connectivity index (χ0v) is 12.5. The van der Waals surface area contributed by atoms with Crippen molar-refractivity contribution in [1.82, 2.24) is 4.98 Å². The molecule has 0 saturated carbocycles. The number of thiazole rings is 1. The highest BCUT2D eigenvalue weighted by Gasteiger charge is 2.17. The Morgan fingerprint density at radius 3 is 2.75 bits per heavy atom. The van der Waals surface area contributed by atoms with Gasteiger partial charge in [-0.05, 0) is 13.0 Å². The Bertz CT molecular complexity index is 767. The first-order valence-corrected chi connectivity index (χ1v) is 8.61. The lowest BCUT2D eigenvalue weighted by Gasteiger charge is -2.06. The molecule has 2 rings (SSSR count). The van der Waals surface area contributed by atoms with E-state index in [0.29, 0.717) is 5.52 Å². The fourth-order valence-electron chi connectivity index (χ4n) is 1.74. The summed E-state index contributed by atoms with van der Waals surface area (Å²) < 4.78 is 22.9. The molecular weight excluding hydrogens is 302 g/mol. The molecule has 0 fully saturated rings. The van der Waals surface area contributed by atoms with Crippen molar-refractivity contribution in [3.05, 3.63) is 27.3 Å². The second-order valence-electron chi connectivity index (χ2n) is 4.38. The van der Waals surface area contributed by atoms with Gasteiger partial charge in [0.2, 0.25) is 0 Å². The number of anilines is 1. The van der Waals surface area contributed by atoms with E-state index < -0.39 is 14.8 Å². The topological polar surface area (TPSA) is 102 Å². The molecule has 0 saturated heterocycles. The van der Waals surface area contributed by atoms with Gasteiger partial charge < -0.3 is 5.32 Å². The molecule has 2 aromatic rings. The van der Waals surface area contributed by atoms with E-state index in [9.17, 15) is 18.5 Å². The molecule has 1 aromatic heterocycles. The van der Waals surface area contributed by atoms with Crippen LogP contribution in [0.25, 0.3) is 10.2 Å². The van der Waals surface area contributed by atoms with Gasteiger partial charge in [-0.15, -0.1) is 11.3 Å². The lowest BCUT2D eigenvalue weighted by molar-refractivity contribution is -0.383. The van der Waals surface area contributed by atoms with Crippen molar-refractivity contribution in [3.8, 4) is 0 Å². The number of aryl methyl sites for hydroxylation is 1. The second-order valence-corrected chi connectivity index (χ2v) is 7.88. The van der Waals surface area contributed by atoms with Crippen molar-refractivity contribution in [2.75, 3.05) is 23.9 Å². The summed E-state index contributed by atoms with van der Waals surface area (Å²) in [6.07, 6.45) is 1.12. The minimum atomic E-state index is -3.11. The number of benzene rings is 1. The summed E-state index contributed by atoms with van der Waals surface area (Å²) in [6.45, 7) is 1.95. The van der Waals surface area contributed by atoms with E-state index >= 15 is 0 Å². The maximum Gasteiger partial charge on any atom is 0.293 e. The van der Waals surface area contributed by atoms with Crippen LogP contribution in [-0.2, 0) is 9.84 Å². The fraction of sp³-hybridized carbons (Fsp3) is 0.364. The average Bonchev–Trinajstić information content (AvgIpc) is 2.65. The third kappa shape index (κ3) is 3.42. The van der Waals surface area contributed by atoms with Gasteiger partial charge >= 0.3 is 0 Å². The third-order valence-corrected chi connectivity index (χ3v) is 4.48. The van der Waals surface area contributed by atoms with Crippen LogP contribution in [0.4, 0.5) is 11.4 Å². The molecule has 7 nitrogen and oxygen atoms in total. The number of aromatic nitrogens is 1. The van der Waals surface area contributed by atoms with Crippen LogP contribution in [0.2, 0.25) is 0 Å². The Hall–Kier alpha value is -1.74. The molecule has 20 heavy (non-hydrogen) atoms. The van der Waals surface area contributed by atoms with Crippen LogP contribution in [0.15, 0.2) is 12.1 Å². The molecule has 0 spiro atoms. The summed E-state index contributed by atoms with van der Waals surface area (Å²) in [4.78, 5) is 14.8. The van der Waals surface area contributed by atoms with Gasteiger partial charge in [-0.2, -0.15) is 0 Å². The van der Waals surface area contributed by atoms with Gasteiger partial charge in [0.15, 0.2) is 0 Å². The van der Waals surface area contributed by atoms with Crippen LogP contribution < -0.4 is 5.32 Å². The molecule has 0 aliphatic carbocycles. The zero-order valence-electron chi connectivity index (χ0n) is 10.9. The Kier molecular flexibility index (Phi) is 3.91. The van der Waals surface area contributed by atoms with E-state index in [1.807, 2.05) is 6.92 Å². The van der Waals surface area contributed by atoms with E-state index in [1.54, 1.807) is 6.07 Å². The SMILES string of the molecule is Cc1nc2cc(NCCS(C)(=O)=O)c([N+](=O)[O-])cc2s1. The normalized spacial score (nSPS) is 11.7. The van der Waals surface area contributed by atoms with Crippen molar-refractivity contribution in [3.63, 3.8) is 0 Å². The minimum absolute atomic E-state index is 0.0744. The number of nitrogens with zero attached hydrogens (tertiary/aromatic N) is 2. The smallest absolute Gasteiger partial charge is 0.293 e. The number of fused-ring (bicyclic) bond motifs is 1. The highest BCUT2D eigenvalue weighted by Crippen LogP contribution is 2.32. The molecule has 0 bridgehead atoms. The number of hydrogen-bond acceptors (Lipinski definition) is 7. The molecule has 108 valence electrons. The van der Waals surface area contributed by atoms with Gasteiger partial charge in [0, 0.05) is 18.9 Å². The van der Waals surface area contributed by atoms with Gasteiger partial charge in [-0.25, -0.2) is 13.4 Å². The highest BCUT2D eigenvalue weighted by atomic mass is 32.2. The average molecular weight is 315 g/mol. The lowest BCUT2D eigenvalue weighted by Crippen LogP contribution is -2.14. The van der Waals surface area contributed by atoms with E-state index in [-0.39, 0.29) is 23.7 Å². The largest absolute Gasteiger partial charge is 0.378 e. The molecule has 9 heteroatoms. The van der Waals surface area contributed by atoms with E-state index in [0.717, 1.165) is 16.0 Å². The van der Waals surface area contributed by atoms with Crippen LogP contribution in [0, 0.1) is 17.0 Å². The summed E-state index contributed by atoms with van der Waals surface area (Å²) in [7, 11) is -3.11. The van der Waals surface area contributed by atoms with Crippen LogP contribution in [0.1, 0.15) is 5.01 Å². The summed E-state index contributed by atoms with van der Waals surface area (Å²) >= 11 is 1.38. The molecule has 0 atom stereocenters. The lowest BCUT2D eigenvalue weighted by atomic mass is 10.2. The Balaban J connectivity index is 2.34. The molecule has 0 unspecified atom stereocenters. The van der Waals surface area contributed by atoms with Crippen LogP contribution in [0.5, 0.6) is 0 Å². The number of rotatable bonds is 5. The number of nitro groups is 1. The van der Waals surface area contributed by atoms with Crippen molar-refractivity contribution in [1.29, 1.82) is 0 Å². The first-order chi connectivity index (χ1) is 9.26.